The topological polar surface area (TPSA) is 57.6 Å². The first kappa shape index (κ1) is 20.5. The SMILES string of the molecule is CCc1ccc(/C(O)=C2\C(=O)C(=O)N(c3cccc(F)c3)C2c2ccccc2C)cc1. The van der Waals surface area contributed by atoms with Gasteiger partial charge in [0.25, 0.3) is 11.7 Å². The highest BCUT2D eigenvalue weighted by Crippen LogP contribution is 2.43. The lowest BCUT2D eigenvalue weighted by Gasteiger charge is -2.26. The molecule has 5 heteroatoms. The van der Waals surface area contributed by atoms with Crippen molar-refractivity contribution in [2.75, 3.05) is 4.90 Å². The summed E-state index contributed by atoms with van der Waals surface area (Å²) in [5.41, 5.74) is 3.34. The van der Waals surface area contributed by atoms with Crippen LogP contribution in [0.25, 0.3) is 5.76 Å². The zero-order valence-electron chi connectivity index (χ0n) is 17.3. The first-order chi connectivity index (χ1) is 14.9. The van der Waals surface area contributed by atoms with Crippen molar-refractivity contribution in [2.45, 2.75) is 26.3 Å². The van der Waals surface area contributed by atoms with Crippen molar-refractivity contribution in [1.82, 2.24) is 0 Å². The van der Waals surface area contributed by atoms with Crippen LogP contribution in [0.5, 0.6) is 0 Å². The molecule has 1 atom stereocenters. The van der Waals surface area contributed by atoms with Gasteiger partial charge in [-0.25, -0.2) is 4.39 Å². The molecule has 1 aliphatic rings. The number of hydrogen-bond donors (Lipinski definition) is 1. The summed E-state index contributed by atoms with van der Waals surface area (Å²) in [7, 11) is 0. The number of nitrogens with zero attached hydrogens (tertiary/aromatic N) is 1. The predicted molar refractivity (Wildman–Crippen MR) is 118 cm³/mol. The molecule has 31 heavy (non-hydrogen) atoms. The zero-order chi connectivity index (χ0) is 22.1. The molecule has 156 valence electrons. The molecule has 0 aromatic heterocycles. The molecule has 0 saturated carbocycles. The highest BCUT2D eigenvalue weighted by molar-refractivity contribution is 6.51. The molecule has 0 bridgehead atoms. The van der Waals surface area contributed by atoms with Gasteiger partial charge in [-0.3, -0.25) is 14.5 Å². The summed E-state index contributed by atoms with van der Waals surface area (Å²) < 4.78 is 14.0. The molecule has 1 heterocycles. The van der Waals surface area contributed by atoms with E-state index in [0.29, 0.717) is 11.1 Å². The molecule has 0 radical (unpaired) electrons. The van der Waals surface area contributed by atoms with Crippen molar-refractivity contribution in [3.05, 3.63) is 106 Å². The van der Waals surface area contributed by atoms with Crippen LogP contribution in [0.1, 0.15) is 35.2 Å². The number of aryl methyl sites for hydroxylation is 2. The molecule has 1 aliphatic heterocycles. The minimum Gasteiger partial charge on any atom is -0.507 e. The molecule has 1 saturated heterocycles. The van der Waals surface area contributed by atoms with E-state index in [4.69, 9.17) is 0 Å². The van der Waals surface area contributed by atoms with E-state index in [2.05, 4.69) is 0 Å². The smallest absolute Gasteiger partial charge is 0.300 e. The second-order valence-corrected chi connectivity index (χ2v) is 7.56. The lowest BCUT2D eigenvalue weighted by molar-refractivity contribution is -0.132. The molecule has 4 rings (SSSR count). The number of aliphatic hydroxyl groups excluding tert-OH is 1. The summed E-state index contributed by atoms with van der Waals surface area (Å²) in [6, 6.07) is 19.3. The quantitative estimate of drug-likeness (QED) is 0.356. The van der Waals surface area contributed by atoms with E-state index in [1.54, 1.807) is 18.2 Å². The Morgan fingerprint density at radius 2 is 1.71 bits per heavy atom. The van der Waals surface area contributed by atoms with Crippen molar-refractivity contribution < 1.29 is 19.1 Å². The van der Waals surface area contributed by atoms with Crippen molar-refractivity contribution in [3.8, 4) is 0 Å². The Morgan fingerprint density at radius 3 is 2.35 bits per heavy atom. The van der Waals surface area contributed by atoms with E-state index in [1.165, 1.54) is 23.1 Å². The van der Waals surface area contributed by atoms with Gasteiger partial charge in [-0.05, 0) is 48.2 Å². The van der Waals surface area contributed by atoms with Gasteiger partial charge in [0.15, 0.2) is 0 Å². The lowest BCUT2D eigenvalue weighted by Crippen LogP contribution is -2.29. The standard InChI is InChI=1S/C26H22FNO3/c1-3-17-11-13-18(14-12-17)24(29)22-23(21-10-5-4-7-16(21)2)28(26(31)25(22)30)20-9-6-8-19(27)15-20/h4-15,23,29H,3H2,1-2H3/b24-22+. The van der Waals surface area contributed by atoms with Gasteiger partial charge >= 0.3 is 0 Å². The molecule has 1 unspecified atom stereocenters. The maximum atomic E-state index is 14.0. The normalized spacial score (nSPS) is 17.9. The van der Waals surface area contributed by atoms with Gasteiger partial charge in [-0.15, -0.1) is 0 Å². The largest absolute Gasteiger partial charge is 0.507 e. The van der Waals surface area contributed by atoms with Gasteiger partial charge in [0.05, 0.1) is 11.6 Å². The van der Waals surface area contributed by atoms with Crippen LogP contribution in [-0.2, 0) is 16.0 Å². The van der Waals surface area contributed by atoms with Gasteiger partial charge in [0.2, 0.25) is 0 Å². The van der Waals surface area contributed by atoms with Gasteiger partial charge in [0, 0.05) is 11.3 Å². The van der Waals surface area contributed by atoms with E-state index in [0.717, 1.165) is 17.5 Å². The third kappa shape index (κ3) is 3.63. The molecule has 1 fully saturated rings. The predicted octanol–water partition coefficient (Wildman–Crippen LogP) is 5.32. The summed E-state index contributed by atoms with van der Waals surface area (Å²) in [5, 5.41) is 11.1. The average Bonchev–Trinajstić information content (AvgIpc) is 3.04. The van der Waals surface area contributed by atoms with E-state index in [-0.39, 0.29) is 17.0 Å². The number of Topliss-reactive ketones (excluding diaryl/α,β-unsaturated/α-hetero) is 1. The molecule has 3 aromatic rings. The number of halogens is 1. The fraction of sp³-hybridized carbons (Fsp3) is 0.154. The first-order valence-electron chi connectivity index (χ1n) is 10.1. The number of hydrogen-bond acceptors (Lipinski definition) is 3. The molecule has 3 aromatic carbocycles. The third-order valence-corrected chi connectivity index (χ3v) is 5.65. The van der Waals surface area contributed by atoms with Gasteiger partial charge in [-0.1, -0.05) is 61.5 Å². The Hall–Kier alpha value is -3.73. The van der Waals surface area contributed by atoms with Crippen LogP contribution < -0.4 is 4.90 Å². The maximum Gasteiger partial charge on any atom is 0.300 e. The molecule has 1 amide bonds. The molecule has 0 spiro atoms. The number of aliphatic hydroxyl groups is 1. The summed E-state index contributed by atoms with van der Waals surface area (Å²) in [6.45, 7) is 3.90. The van der Waals surface area contributed by atoms with Crippen LogP contribution in [0.2, 0.25) is 0 Å². The van der Waals surface area contributed by atoms with Crippen LogP contribution in [0.15, 0.2) is 78.4 Å². The summed E-state index contributed by atoms with van der Waals surface area (Å²) in [6.07, 6.45) is 0.841. The number of anilines is 1. The molecular formula is C26H22FNO3. The molecule has 0 aliphatic carbocycles. The highest BCUT2D eigenvalue weighted by Gasteiger charge is 2.47. The number of rotatable bonds is 4. The summed E-state index contributed by atoms with van der Waals surface area (Å²) >= 11 is 0. The zero-order valence-corrected chi connectivity index (χ0v) is 17.3. The summed E-state index contributed by atoms with van der Waals surface area (Å²) in [4.78, 5) is 27.4. The van der Waals surface area contributed by atoms with Crippen LogP contribution in [-0.4, -0.2) is 16.8 Å². The Kier molecular flexibility index (Phi) is 5.42. The number of carbonyl (C=O) groups excluding carboxylic acids is 2. The van der Waals surface area contributed by atoms with Crippen molar-refractivity contribution in [1.29, 1.82) is 0 Å². The molecule has 1 N–H and O–H groups in total. The van der Waals surface area contributed by atoms with E-state index in [9.17, 15) is 19.1 Å². The molecular weight excluding hydrogens is 393 g/mol. The monoisotopic (exact) mass is 415 g/mol. The van der Waals surface area contributed by atoms with Crippen LogP contribution in [0.3, 0.4) is 0 Å². The van der Waals surface area contributed by atoms with Crippen molar-refractivity contribution in [3.63, 3.8) is 0 Å². The lowest BCUT2D eigenvalue weighted by atomic mass is 9.92. The van der Waals surface area contributed by atoms with Crippen LogP contribution in [0.4, 0.5) is 10.1 Å². The van der Waals surface area contributed by atoms with Crippen molar-refractivity contribution >= 4 is 23.1 Å². The minimum absolute atomic E-state index is 0.00666. The Bertz CT molecular complexity index is 1200. The Morgan fingerprint density at radius 1 is 1.00 bits per heavy atom. The van der Waals surface area contributed by atoms with Crippen LogP contribution >= 0.6 is 0 Å². The van der Waals surface area contributed by atoms with E-state index >= 15 is 0 Å². The fourth-order valence-corrected chi connectivity index (χ4v) is 3.97. The average molecular weight is 415 g/mol. The first-order valence-corrected chi connectivity index (χ1v) is 10.1. The maximum absolute atomic E-state index is 14.0. The van der Waals surface area contributed by atoms with Crippen LogP contribution in [0, 0.1) is 12.7 Å². The molecule has 4 nitrogen and oxygen atoms in total. The van der Waals surface area contributed by atoms with Gasteiger partial charge < -0.3 is 5.11 Å². The number of carbonyl (C=O) groups is 2. The second-order valence-electron chi connectivity index (χ2n) is 7.56. The fourth-order valence-electron chi connectivity index (χ4n) is 3.97. The minimum atomic E-state index is -0.867. The Labute approximate surface area is 180 Å². The highest BCUT2D eigenvalue weighted by atomic mass is 19.1. The number of amides is 1. The number of ketones is 1. The third-order valence-electron chi connectivity index (χ3n) is 5.65. The second kappa shape index (κ2) is 8.19. The van der Waals surface area contributed by atoms with Gasteiger partial charge in [-0.2, -0.15) is 0 Å². The van der Waals surface area contributed by atoms with E-state index in [1.807, 2.05) is 50.2 Å². The van der Waals surface area contributed by atoms with Gasteiger partial charge in [0.1, 0.15) is 11.6 Å². The Balaban J connectivity index is 1.95. The van der Waals surface area contributed by atoms with E-state index < -0.39 is 23.5 Å². The van der Waals surface area contributed by atoms with Crippen molar-refractivity contribution in [2.24, 2.45) is 0 Å². The summed E-state index contributed by atoms with van der Waals surface area (Å²) in [5.74, 6) is -2.36. The number of benzene rings is 3.